The molecule has 2 nitrogen and oxygen atoms in total. The van der Waals surface area contributed by atoms with Crippen LogP contribution in [0, 0.1) is 52.3 Å². The third-order valence-corrected chi connectivity index (χ3v) is 12.0. The summed E-state index contributed by atoms with van der Waals surface area (Å²) >= 11 is 0. The van der Waals surface area contributed by atoms with Crippen LogP contribution in [0.15, 0.2) is 0 Å². The Kier molecular flexibility index (Phi) is 8.77. The van der Waals surface area contributed by atoms with Crippen LogP contribution in [0.25, 0.3) is 0 Å². The molecule has 4 fully saturated rings. The maximum atomic E-state index is 13.9. The second kappa shape index (κ2) is 11.0. The van der Waals surface area contributed by atoms with E-state index in [1.807, 2.05) is 0 Å². The van der Waals surface area contributed by atoms with Crippen molar-refractivity contribution >= 4 is 5.97 Å². The van der Waals surface area contributed by atoms with Crippen molar-refractivity contribution in [1.29, 1.82) is 0 Å². The lowest BCUT2D eigenvalue weighted by molar-refractivity contribution is -0.302. The highest BCUT2D eigenvalue weighted by Crippen LogP contribution is 2.68. The van der Waals surface area contributed by atoms with Crippen LogP contribution in [-0.4, -0.2) is 30.3 Å². The van der Waals surface area contributed by atoms with Crippen molar-refractivity contribution in [2.45, 2.75) is 136 Å². The number of fused-ring (bicyclic) bond motifs is 5. The van der Waals surface area contributed by atoms with Gasteiger partial charge in [0.25, 0.3) is 6.17 Å². The Morgan fingerprint density at radius 2 is 1.51 bits per heavy atom. The molecule has 0 spiro atoms. The van der Waals surface area contributed by atoms with Crippen LogP contribution in [0.2, 0.25) is 0 Å². The van der Waals surface area contributed by atoms with Gasteiger partial charge in [-0.2, -0.15) is 22.0 Å². The van der Waals surface area contributed by atoms with E-state index in [0.29, 0.717) is 36.0 Å². The molecule has 0 aromatic carbocycles. The highest BCUT2D eigenvalue weighted by molar-refractivity contribution is 5.76. The molecule has 0 aliphatic heterocycles. The number of hydrogen-bond donors (Lipinski definition) is 0. The van der Waals surface area contributed by atoms with Gasteiger partial charge in [0.2, 0.25) is 0 Å². The molecule has 8 heteroatoms. The van der Waals surface area contributed by atoms with Crippen LogP contribution < -0.4 is 0 Å². The lowest BCUT2D eigenvalue weighted by Crippen LogP contribution is -2.55. The Bertz CT molecular complexity index is 874. The van der Waals surface area contributed by atoms with Crippen molar-refractivity contribution < 1.29 is 35.9 Å². The van der Waals surface area contributed by atoms with Gasteiger partial charge in [-0.05, 0) is 110 Å². The Balaban J connectivity index is 1.38. The molecular formula is C31H48F6O2. The van der Waals surface area contributed by atoms with E-state index in [4.69, 9.17) is 4.74 Å². The first-order valence-electron chi connectivity index (χ1n) is 15.3. The lowest BCUT2D eigenvalue weighted by Gasteiger charge is -2.61. The normalized spacial score (nSPS) is 40.4. The van der Waals surface area contributed by atoms with Gasteiger partial charge in [-0.25, -0.2) is 9.18 Å². The fourth-order valence-corrected chi connectivity index (χ4v) is 9.87. The molecule has 0 amide bonds. The maximum Gasteiger partial charge on any atom is 0.457 e. The molecular weight excluding hydrogens is 518 g/mol. The van der Waals surface area contributed by atoms with E-state index in [1.165, 1.54) is 38.5 Å². The van der Waals surface area contributed by atoms with Gasteiger partial charge < -0.3 is 4.74 Å². The molecule has 0 saturated heterocycles. The predicted octanol–water partition coefficient (Wildman–Crippen LogP) is 9.56. The second-order valence-corrected chi connectivity index (χ2v) is 14.5. The minimum absolute atomic E-state index is 0.0269. The number of ether oxygens (including phenoxy) is 1. The average molecular weight is 567 g/mol. The number of rotatable bonds is 8. The number of alkyl halides is 6. The predicted molar refractivity (Wildman–Crippen MR) is 139 cm³/mol. The first-order valence-corrected chi connectivity index (χ1v) is 15.3. The fourth-order valence-electron chi connectivity index (χ4n) is 9.87. The molecule has 0 heterocycles. The zero-order chi connectivity index (χ0) is 29.0. The summed E-state index contributed by atoms with van der Waals surface area (Å²) in [6.07, 6.45) is 1.38. The molecule has 4 saturated carbocycles. The summed E-state index contributed by atoms with van der Waals surface area (Å²) in [7, 11) is 0. The molecule has 4 aliphatic rings. The molecule has 4 aliphatic carbocycles. The van der Waals surface area contributed by atoms with Crippen LogP contribution in [0.4, 0.5) is 26.3 Å². The maximum absolute atomic E-state index is 13.9. The lowest BCUT2D eigenvalue weighted by atomic mass is 9.44. The van der Waals surface area contributed by atoms with Gasteiger partial charge in [0.15, 0.2) is 0 Å². The Morgan fingerprint density at radius 1 is 0.872 bits per heavy atom. The third kappa shape index (κ3) is 5.61. The Labute approximate surface area is 230 Å². The average Bonchev–Trinajstić information content (AvgIpc) is 3.20. The number of halogens is 6. The molecule has 0 bridgehead atoms. The number of hydrogen-bond acceptors (Lipinski definition) is 2. The van der Waals surface area contributed by atoms with Gasteiger partial charge in [-0.1, -0.05) is 53.9 Å². The molecule has 0 N–H and O–H groups in total. The van der Waals surface area contributed by atoms with Gasteiger partial charge in [0, 0.05) is 0 Å². The zero-order valence-electron chi connectivity index (χ0n) is 24.3. The summed E-state index contributed by atoms with van der Waals surface area (Å²) in [5.74, 6) is -3.52. The van der Waals surface area contributed by atoms with E-state index in [9.17, 15) is 31.1 Å². The number of carbonyl (C=O) groups excluding carboxylic acids is 1. The highest BCUT2D eigenvalue weighted by atomic mass is 19.4. The quantitative estimate of drug-likeness (QED) is 0.216. The largest absolute Gasteiger partial charge is 0.460 e. The molecule has 0 aromatic heterocycles. The topological polar surface area (TPSA) is 26.3 Å². The van der Waals surface area contributed by atoms with Gasteiger partial charge in [0.05, 0.1) is 0 Å². The highest BCUT2D eigenvalue weighted by Gasteiger charge is 2.67. The van der Waals surface area contributed by atoms with E-state index in [2.05, 4.69) is 34.6 Å². The molecule has 0 aromatic rings. The number of carbonyl (C=O) groups is 1. The minimum Gasteiger partial charge on any atom is -0.460 e. The second-order valence-electron chi connectivity index (χ2n) is 14.5. The van der Waals surface area contributed by atoms with Crippen molar-refractivity contribution in [1.82, 2.24) is 0 Å². The zero-order valence-corrected chi connectivity index (χ0v) is 24.3. The van der Waals surface area contributed by atoms with Crippen LogP contribution in [0.5, 0.6) is 0 Å². The fraction of sp³-hybridized carbons (Fsp3) is 0.968. The van der Waals surface area contributed by atoms with Crippen LogP contribution >= 0.6 is 0 Å². The SMILES string of the molecule is CC(C)CCC[C@@H](C)[C@H]1CC[C@H]2[C@@H]3CC[C@H]4C[C@@H](OC(=O)C(F)C(F)(F)C(F)(F)F)CC[C@]4(C)[C@H]3CC[C@]12C. The van der Waals surface area contributed by atoms with Crippen LogP contribution in [0.3, 0.4) is 0 Å². The molecule has 10 atom stereocenters. The smallest absolute Gasteiger partial charge is 0.457 e. The first-order chi connectivity index (χ1) is 18.0. The van der Waals surface area contributed by atoms with Crippen LogP contribution in [0.1, 0.15) is 112 Å². The summed E-state index contributed by atoms with van der Waals surface area (Å²) in [6.45, 7) is 11.9. The monoisotopic (exact) mass is 566 g/mol. The number of esters is 1. The van der Waals surface area contributed by atoms with E-state index >= 15 is 0 Å². The van der Waals surface area contributed by atoms with Crippen molar-refractivity contribution in [3.05, 3.63) is 0 Å². The summed E-state index contributed by atoms with van der Waals surface area (Å²) in [4.78, 5) is 11.9. The first kappa shape index (κ1) is 31.0. The van der Waals surface area contributed by atoms with Gasteiger partial charge in [-0.3, -0.25) is 0 Å². The van der Waals surface area contributed by atoms with Crippen molar-refractivity contribution in [2.75, 3.05) is 0 Å². The molecule has 1 unspecified atom stereocenters. The van der Waals surface area contributed by atoms with Crippen LogP contribution in [-0.2, 0) is 9.53 Å². The van der Waals surface area contributed by atoms with E-state index < -0.39 is 30.3 Å². The Morgan fingerprint density at radius 3 is 2.15 bits per heavy atom. The third-order valence-electron chi connectivity index (χ3n) is 12.0. The van der Waals surface area contributed by atoms with Crippen molar-refractivity contribution in [3.8, 4) is 0 Å². The molecule has 0 radical (unpaired) electrons. The standard InChI is InChI=1S/C31H48F6O2/c1-18(2)7-6-8-19(3)23-11-12-24-22-10-9-20-17-21(39-27(38)26(32)30(33,34)31(35,36)37)13-15-28(20,4)25(22)14-16-29(23,24)5/h18-26H,6-17H2,1-5H3/t19-,20+,21+,22+,23-,24+,25+,26?,28+,29-/m1/s1. The van der Waals surface area contributed by atoms with Gasteiger partial charge in [-0.15, -0.1) is 0 Å². The summed E-state index contributed by atoms with van der Waals surface area (Å²) in [5.41, 5.74) is 0.396. The van der Waals surface area contributed by atoms with Crippen molar-refractivity contribution in [2.24, 2.45) is 52.3 Å². The molecule has 39 heavy (non-hydrogen) atoms. The van der Waals surface area contributed by atoms with E-state index in [1.54, 1.807) is 0 Å². The van der Waals surface area contributed by atoms with E-state index in [-0.39, 0.29) is 11.3 Å². The summed E-state index contributed by atoms with van der Waals surface area (Å²) in [6, 6.07) is 0. The molecule has 4 rings (SSSR count). The van der Waals surface area contributed by atoms with Crippen molar-refractivity contribution in [3.63, 3.8) is 0 Å². The Hall–Kier alpha value is -0.950. The minimum atomic E-state index is -6.14. The van der Waals surface area contributed by atoms with Gasteiger partial charge in [0.1, 0.15) is 6.10 Å². The summed E-state index contributed by atoms with van der Waals surface area (Å²) < 4.78 is 83.1. The van der Waals surface area contributed by atoms with E-state index in [0.717, 1.165) is 43.4 Å². The summed E-state index contributed by atoms with van der Waals surface area (Å²) in [5, 5.41) is 0. The molecule has 226 valence electrons. The van der Waals surface area contributed by atoms with Gasteiger partial charge >= 0.3 is 18.1 Å².